The van der Waals surface area contributed by atoms with Crippen molar-refractivity contribution < 1.29 is 18.3 Å². The van der Waals surface area contributed by atoms with Crippen LogP contribution in [0.5, 0.6) is 0 Å². The van der Waals surface area contributed by atoms with Crippen LogP contribution in [0.2, 0.25) is 0 Å². The summed E-state index contributed by atoms with van der Waals surface area (Å²) in [6, 6.07) is 7.22. The van der Waals surface area contributed by atoms with E-state index < -0.39 is 17.9 Å². The van der Waals surface area contributed by atoms with Crippen LogP contribution in [-0.4, -0.2) is 24.5 Å². The SMILES string of the molecule is CCCCCC1COC(C#Cc2ccc(-c3ccc(F)c(F)c3)nc2)OC1. The molecule has 2 heterocycles. The number of pyridine rings is 1. The monoisotopic (exact) mass is 371 g/mol. The highest BCUT2D eigenvalue weighted by Gasteiger charge is 2.20. The first-order valence-corrected chi connectivity index (χ1v) is 9.32. The van der Waals surface area contributed by atoms with E-state index in [0.29, 0.717) is 36.0 Å². The Morgan fingerprint density at radius 3 is 2.56 bits per heavy atom. The van der Waals surface area contributed by atoms with Crippen LogP contribution in [0.4, 0.5) is 8.78 Å². The maximum atomic E-state index is 13.3. The molecule has 0 unspecified atom stereocenters. The Morgan fingerprint density at radius 1 is 1.07 bits per heavy atom. The number of nitrogens with zero attached hydrogens (tertiary/aromatic N) is 1. The molecule has 0 bridgehead atoms. The summed E-state index contributed by atoms with van der Waals surface area (Å²) in [5, 5.41) is 0. The summed E-state index contributed by atoms with van der Waals surface area (Å²) in [6.07, 6.45) is 5.88. The third-order valence-electron chi connectivity index (χ3n) is 4.50. The van der Waals surface area contributed by atoms with Crippen molar-refractivity contribution in [1.29, 1.82) is 0 Å². The lowest BCUT2D eigenvalue weighted by Gasteiger charge is -2.26. The fourth-order valence-electron chi connectivity index (χ4n) is 2.91. The molecule has 3 nitrogen and oxygen atoms in total. The van der Waals surface area contributed by atoms with Gasteiger partial charge in [0.2, 0.25) is 6.29 Å². The second-order valence-corrected chi connectivity index (χ2v) is 6.69. The topological polar surface area (TPSA) is 31.4 Å². The maximum absolute atomic E-state index is 13.3. The van der Waals surface area contributed by atoms with Crippen molar-refractivity contribution in [2.75, 3.05) is 13.2 Å². The Kier molecular flexibility index (Phi) is 6.92. The van der Waals surface area contributed by atoms with Crippen LogP contribution in [0.25, 0.3) is 11.3 Å². The number of rotatable bonds is 5. The van der Waals surface area contributed by atoms with Crippen LogP contribution in [0.15, 0.2) is 36.5 Å². The van der Waals surface area contributed by atoms with E-state index in [1.54, 1.807) is 18.3 Å². The molecule has 0 radical (unpaired) electrons. The Hall–Kier alpha value is -2.29. The minimum atomic E-state index is -0.891. The van der Waals surface area contributed by atoms with Crippen molar-refractivity contribution in [2.45, 2.75) is 38.9 Å². The Balaban J connectivity index is 1.54. The highest BCUT2D eigenvalue weighted by Crippen LogP contribution is 2.20. The number of hydrogen-bond donors (Lipinski definition) is 0. The third-order valence-corrected chi connectivity index (χ3v) is 4.50. The predicted octanol–water partition coefficient (Wildman–Crippen LogP) is 4.95. The molecule has 5 heteroatoms. The van der Waals surface area contributed by atoms with Gasteiger partial charge in [-0.25, -0.2) is 8.78 Å². The zero-order valence-electron chi connectivity index (χ0n) is 15.4. The van der Waals surface area contributed by atoms with Crippen molar-refractivity contribution in [1.82, 2.24) is 4.98 Å². The molecule has 27 heavy (non-hydrogen) atoms. The molecule has 1 saturated heterocycles. The van der Waals surface area contributed by atoms with Gasteiger partial charge in [0, 0.05) is 23.2 Å². The Morgan fingerprint density at radius 2 is 1.89 bits per heavy atom. The number of benzene rings is 1. The number of halogens is 2. The van der Waals surface area contributed by atoms with E-state index in [2.05, 4.69) is 23.7 Å². The molecule has 0 saturated carbocycles. The van der Waals surface area contributed by atoms with Crippen molar-refractivity contribution in [3.8, 4) is 23.1 Å². The van der Waals surface area contributed by atoms with E-state index in [0.717, 1.165) is 18.6 Å². The molecular formula is C22H23F2NO2. The van der Waals surface area contributed by atoms with Crippen LogP contribution in [-0.2, 0) is 9.47 Å². The molecule has 1 aromatic carbocycles. The molecule has 0 aliphatic carbocycles. The maximum Gasteiger partial charge on any atom is 0.222 e. The largest absolute Gasteiger partial charge is 0.342 e. The lowest BCUT2D eigenvalue weighted by Crippen LogP contribution is -2.31. The van der Waals surface area contributed by atoms with Crippen molar-refractivity contribution in [2.24, 2.45) is 5.92 Å². The van der Waals surface area contributed by atoms with E-state index in [9.17, 15) is 8.78 Å². The molecule has 142 valence electrons. The Bertz CT molecular complexity index is 803. The standard InChI is InChI=1S/C22H23F2NO2/c1-2-3-4-5-17-14-26-22(27-15-17)11-7-16-6-10-21(25-13-16)18-8-9-19(23)20(24)12-18/h6,8-10,12-13,17,22H,2-5,14-15H2,1H3. The third kappa shape index (κ3) is 5.59. The Labute approximate surface area is 158 Å². The molecule has 1 fully saturated rings. The summed E-state index contributed by atoms with van der Waals surface area (Å²) < 4.78 is 37.7. The zero-order chi connectivity index (χ0) is 19.1. The fourth-order valence-corrected chi connectivity index (χ4v) is 2.91. The van der Waals surface area contributed by atoms with Gasteiger partial charge >= 0.3 is 0 Å². The first kappa shape index (κ1) is 19.5. The van der Waals surface area contributed by atoms with Crippen LogP contribution >= 0.6 is 0 Å². The minimum Gasteiger partial charge on any atom is -0.342 e. The van der Waals surface area contributed by atoms with Crippen molar-refractivity contribution in [3.05, 3.63) is 53.7 Å². The van der Waals surface area contributed by atoms with Gasteiger partial charge in [-0.1, -0.05) is 32.1 Å². The van der Waals surface area contributed by atoms with Gasteiger partial charge < -0.3 is 9.47 Å². The smallest absolute Gasteiger partial charge is 0.222 e. The normalized spacial score (nSPS) is 19.4. The van der Waals surface area contributed by atoms with E-state index in [1.165, 1.54) is 25.3 Å². The van der Waals surface area contributed by atoms with Gasteiger partial charge in [0.25, 0.3) is 0 Å². The van der Waals surface area contributed by atoms with Gasteiger partial charge in [0.15, 0.2) is 11.6 Å². The summed E-state index contributed by atoms with van der Waals surface area (Å²) in [5.41, 5.74) is 1.78. The second-order valence-electron chi connectivity index (χ2n) is 6.69. The molecule has 0 N–H and O–H groups in total. The molecule has 1 aliphatic rings. The van der Waals surface area contributed by atoms with E-state index in [1.807, 2.05) is 0 Å². The van der Waals surface area contributed by atoms with Gasteiger partial charge in [-0.3, -0.25) is 4.98 Å². The zero-order valence-corrected chi connectivity index (χ0v) is 15.4. The highest BCUT2D eigenvalue weighted by atomic mass is 19.2. The molecule has 2 aromatic rings. The van der Waals surface area contributed by atoms with Gasteiger partial charge in [-0.15, -0.1) is 0 Å². The lowest BCUT2D eigenvalue weighted by atomic mass is 10.0. The molecule has 3 rings (SSSR count). The molecular weight excluding hydrogens is 348 g/mol. The number of hydrogen-bond acceptors (Lipinski definition) is 3. The minimum absolute atomic E-state index is 0.451. The molecule has 1 aromatic heterocycles. The quantitative estimate of drug-likeness (QED) is 0.551. The number of aromatic nitrogens is 1. The molecule has 0 spiro atoms. The van der Waals surface area contributed by atoms with Crippen LogP contribution in [0, 0.1) is 29.4 Å². The average molecular weight is 371 g/mol. The summed E-state index contributed by atoms with van der Waals surface area (Å²) in [4.78, 5) is 4.26. The second kappa shape index (κ2) is 9.59. The first-order valence-electron chi connectivity index (χ1n) is 9.32. The summed E-state index contributed by atoms with van der Waals surface area (Å²) in [5.74, 6) is 4.63. The number of ether oxygens (including phenoxy) is 2. The van der Waals surface area contributed by atoms with Crippen molar-refractivity contribution >= 4 is 0 Å². The van der Waals surface area contributed by atoms with Crippen LogP contribution in [0.3, 0.4) is 0 Å². The first-order chi connectivity index (χ1) is 13.2. The van der Waals surface area contributed by atoms with Gasteiger partial charge in [-0.05, 0) is 42.7 Å². The molecule has 1 aliphatic heterocycles. The highest BCUT2D eigenvalue weighted by molar-refractivity contribution is 5.59. The molecule has 0 amide bonds. The summed E-state index contributed by atoms with van der Waals surface area (Å²) in [6.45, 7) is 3.55. The van der Waals surface area contributed by atoms with E-state index in [4.69, 9.17) is 9.47 Å². The summed E-state index contributed by atoms with van der Waals surface area (Å²) >= 11 is 0. The van der Waals surface area contributed by atoms with E-state index in [-0.39, 0.29) is 0 Å². The van der Waals surface area contributed by atoms with Gasteiger partial charge in [-0.2, -0.15) is 0 Å². The van der Waals surface area contributed by atoms with E-state index >= 15 is 0 Å². The molecule has 0 atom stereocenters. The number of unbranched alkanes of at least 4 members (excludes halogenated alkanes) is 2. The van der Waals surface area contributed by atoms with Gasteiger partial charge in [0.05, 0.1) is 18.9 Å². The fraction of sp³-hybridized carbons (Fsp3) is 0.409. The van der Waals surface area contributed by atoms with Crippen LogP contribution in [0.1, 0.15) is 38.2 Å². The van der Waals surface area contributed by atoms with Crippen LogP contribution < -0.4 is 0 Å². The predicted molar refractivity (Wildman–Crippen MR) is 99.8 cm³/mol. The average Bonchev–Trinajstić information content (AvgIpc) is 2.70. The van der Waals surface area contributed by atoms with Gasteiger partial charge in [0.1, 0.15) is 0 Å². The van der Waals surface area contributed by atoms with Crippen molar-refractivity contribution in [3.63, 3.8) is 0 Å². The lowest BCUT2D eigenvalue weighted by molar-refractivity contribution is -0.170. The summed E-state index contributed by atoms with van der Waals surface area (Å²) in [7, 11) is 0.